The van der Waals surface area contributed by atoms with E-state index in [1.54, 1.807) is 0 Å². The summed E-state index contributed by atoms with van der Waals surface area (Å²) in [6.07, 6.45) is 10.1. The Bertz CT molecular complexity index is 850. The van der Waals surface area contributed by atoms with Crippen LogP contribution in [0.1, 0.15) is 38.6 Å². The number of aryl methyl sites for hydroxylation is 1. The molecule has 0 bridgehead atoms. The summed E-state index contributed by atoms with van der Waals surface area (Å²) < 4.78 is 10.9. The maximum Gasteiger partial charge on any atom is 0.212 e. The average molecular weight is 369 g/mol. The fourth-order valence-electron chi connectivity index (χ4n) is 3.08. The molecule has 1 aromatic carbocycles. The van der Waals surface area contributed by atoms with Gasteiger partial charge in [-0.25, -0.2) is 4.98 Å². The zero-order valence-corrected chi connectivity index (χ0v) is 16.2. The second-order valence-corrected chi connectivity index (χ2v) is 8.34. The monoisotopic (exact) mass is 368 g/mol. The lowest BCUT2D eigenvalue weighted by Crippen LogP contribution is -2.35. The molecule has 3 heterocycles. The van der Waals surface area contributed by atoms with E-state index in [9.17, 15) is 0 Å². The molecule has 5 nitrogen and oxygen atoms in total. The molecule has 1 unspecified atom stereocenters. The van der Waals surface area contributed by atoms with Crippen LogP contribution in [0, 0.1) is 0 Å². The summed E-state index contributed by atoms with van der Waals surface area (Å²) in [4.78, 5) is 6.77. The summed E-state index contributed by atoms with van der Waals surface area (Å²) in [7, 11) is 0. The van der Waals surface area contributed by atoms with Crippen LogP contribution < -0.4 is 15.0 Å². The van der Waals surface area contributed by atoms with Crippen molar-refractivity contribution in [3.8, 4) is 5.75 Å². The van der Waals surface area contributed by atoms with E-state index in [-0.39, 0.29) is 11.6 Å². The molecule has 1 atom stereocenters. The zero-order valence-electron chi connectivity index (χ0n) is 15.4. The molecule has 6 heteroatoms. The van der Waals surface area contributed by atoms with Crippen LogP contribution in [0.4, 0.5) is 10.8 Å². The highest BCUT2D eigenvalue weighted by atomic mass is 32.1. The third kappa shape index (κ3) is 3.33. The number of allylic oxidation sites excluding steroid dienone is 2. The van der Waals surface area contributed by atoms with Crippen LogP contribution in [-0.4, -0.2) is 22.1 Å². The van der Waals surface area contributed by atoms with E-state index >= 15 is 0 Å². The maximum absolute atomic E-state index is 6.38. The van der Waals surface area contributed by atoms with Gasteiger partial charge in [-0.05, 0) is 36.6 Å². The Kier molecular flexibility index (Phi) is 4.44. The quantitative estimate of drug-likeness (QED) is 0.865. The second kappa shape index (κ2) is 6.76. The number of anilines is 2. The first-order valence-corrected chi connectivity index (χ1v) is 9.80. The van der Waals surface area contributed by atoms with Crippen LogP contribution in [0.2, 0.25) is 0 Å². The molecule has 1 N–H and O–H groups in total. The van der Waals surface area contributed by atoms with Crippen LogP contribution in [0.5, 0.6) is 5.75 Å². The molecular formula is C20H24N4OS. The minimum absolute atomic E-state index is 0.0666. The number of para-hydroxylation sites is 1. The number of aromatic nitrogens is 2. The standard InChI is InChI=1S/C20H24N4OS/c1-20(2,3)18-22-19(26-23-18)24-13-5-4-11-16(24)25-15-10-6-8-14-9-7-12-21-17(14)15/h4-6,8,10-11,13,16,21H,7,9,12H2,1-3H3. The first-order valence-electron chi connectivity index (χ1n) is 9.02. The Hall–Kier alpha value is -2.34. The fraction of sp³-hybridized carbons (Fsp3) is 0.400. The van der Waals surface area contributed by atoms with E-state index in [1.165, 1.54) is 17.1 Å². The number of nitrogens with one attached hydrogen (secondary N) is 1. The Morgan fingerprint density at radius 1 is 1.27 bits per heavy atom. The molecule has 4 rings (SSSR count). The van der Waals surface area contributed by atoms with Crippen molar-refractivity contribution in [2.45, 2.75) is 45.3 Å². The predicted octanol–water partition coefficient (Wildman–Crippen LogP) is 4.49. The van der Waals surface area contributed by atoms with Crippen molar-refractivity contribution >= 4 is 22.4 Å². The molecule has 0 saturated heterocycles. The third-order valence-corrected chi connectivity index (χ3v) is 5.23. The van der Waals surface area contributed by atoms with Gasteiger partial charge in [-0.2, -0.15) is 4.37 Å². The van der Waals surface area contributed by atoms with Gasteiger partial charge in [-0.3, -0.25) is 4.90 Å². The van der Waals surface area contributed by atoms with Gasteiger partial charge in [0.25, 0.3) is 0 Å². The topological polar surface area (TPSA) is 50.3 Å². The summed E-state index contributed by atoms with van der Waals surface area (Å²) in [5.74, 6) is 1.75. The van der Waals surface area contributed by atoms with Crippen LogP contribution in [0.25, 0.3) is 0 Å². The van der Waals surface area contributed by atoms with E-state index in [1.807, 2.05) is 35.4 Å². The molecule has 0 saturated carbocycles. The van der Waals surface area contributed by atoms with E-state index < -0.39 is 0 Å². The highest BCUT2D eigenvalue weighted by Crippen LogP contribution is 2.35. The highest BCUT2D eigenvalue weighted by molar-refractivity contribution is 7.09. The third-order valence-electron chi connectivity index (χ3n) is 4.50. The van der Waals surface area contributed by atoms with E-state index in [0.29, 0.717) is 0 Å². The van der Waals surface area contributed by atoms with Crippen LogP contribution in [-0.2, 0) is 11.8 Å². The summed E-state index contributed by atoms with van der Waals surface area (Å²) in [5, 5.41) is 4.33. The Labute approximate surface area is 158 Å². The van der Waals surface area contributed by atoms with Crippen LogP contribution in [0.3, 0.4) is 0 Å². The van der Waals surface area contributed by atoms with Gasteiger partial charge in [0.15, 0.2) is 6.23 Å². The minimum Gasteiger partial charge on any atom is -0.464 e. The normalized spacial score (nSPS) is 19.2. The number of hydrogen-bond donors (Lipinski definition) is 1. The highest BCUT2D eigenvalue weighted by Gasteiger charge is 2.26. The zero-order chi connectivity index (χ0) is 18.1. The number of ether oxygens (including phenoxy) is 1. The molecule has 0 fully saturated rings. The Morgan fingerprint density at radius 2 is 2.15 bits per heavy atom. The van der Waals surface area contributed by atoms with Gasteiger partial charge in [-0.1, -0.05) is 39.0 Å². The SMILES string of the molecule is CC(C)(C)c1nsc(N2C=CC=CC2Oc2cccc3c2NCCC3)n1. The lowest BCUT2D eigenvalue weighted by Gasteiger charge is -2.30. The number of benzene rings is 1. The molecule has 26 heavy (non-hydrogen) atoms. The number of fused-ring (bicyclic) bond motifs is 1. The van der Waals surface area contributed by atoms with Gasteiger partial charge in [0, 0.05) is 29.7 Å². The van der Waals surface area contributed by atoms with Crippen molar-refractivity contribution in [2.24, 2.45) is 0 Å². The number of rotatable bonds is 3. The minimum atomic E-state index is -0.240. The summed E-state index contributed by atoms with van der Waals surface area (Å²) in [5.41, 5.74) is 2.37. The van der Waals surface area contributed by atoms with Gasteiger partial charge >= 0.3 is 0 Å². The smallest absolute Gasteiger partial charge is 0.212 e. The van der Waals surface area contributed by atoms with Gasteiger partial charge < -0.3 is 10.1 Å². The van der Waals surface area contributed by atoms with Crippen molar-refractivity contribution in [2.75, 3.05) is 16.8 Å². The summed E-state index contributed by atoms with van der Waals surface area (Å²) in [6, 6.07) is 6.27. The first kappa shape index (κ1) is 17.1. The lowest BCUT2D eigenvalue weighted by molar-refractivity contribution is 0.253. The number of nitrogens with zero attached hydrogens (tertiary/aromatic N) is 3. The lowest BCUT2D eigenvalue weighted by atomic mass is 9.96. The Balaban J connectivity index is 1.60. The molecule has 0 amide bonds. The van der Waals surface area contributed by atoms with Crippen LogP contribution in [0.15, 0.2) is 42.6 Å². The van der Waals surface area contributed by atoms with Gasteiger partial charge in [0.1, 0.15) is 11.6 Å². The molecule has 0 spiro atoms. The molecule has 2 aliphatic rings. The van der Waals surface area contributed by atoms with Gasteiger partial charge in [0.05, 0.1) is 5.69 Å². The summed E-state index contributed by atoms with van der Waals surface area (Å²) >= 11 is 1.41. The second-order valence-electron chi connectivity index (χ2n) is 7.61. The molecular weight excluding hydrogens is 344 g/mol. The van der Waals surface area contributed by atoms with E-state index in [4.69, 9.17) is 9.72 Å². The largest absolute Gasteiger partial charge is 0.464 e. The first-order chi connectivity index (χ1) is 12.5. The van der Waals surface area contributed by atoms with E-state index in [0.717, 1.165) is 41.8 Å². The van der Waals surface area contributed by atoms with Crippen LogP contribution >= 0.6 is 11.5 Å². The van der Waals surface area contributed by atoms with Crippen molar-refractivity contribution in [3.05, 3.63) is 54.0 Å². The van der Waals surface area contributed by atoms with Crippen molar-refractivity contribution in [1.29, 1.82) is 0 Å². The van der Waals surface area contributed by atoms with Crippen molar-refractivity contribution in [3.63, 3.8) is 0 Å². The maximum atomic E-state index is 6.38. The summed E-state index contributed by atoms with van der Waals surface area (Å²) in [6.45, 7) is 7.37. The van der Waals surface area contributed by atoms with Crippen molar-refractivity contribution in [1.82, 2.24) is 9.36 Å². The van der Waals surface area contributed by atoms with Gasteiger partial charge in [-0.15, -0.1) is 0 Å². The molecule has 136 valence electrons. The van der Waals surface area contributed by atoms with Crippen molar-refractivity contribution < 1.29 is 4.74 Å². The molecule has 2 aromatic rings. The molecule has 1 aromatic heterocycles. The Morgan fingerprint density at radius 3 is 2.96 bits per heavy atom. The molecule has 0 radical (unpaired) electrons. The predicted molar refractivity (Wildman–Crippen MR) is 107 cm³/mol. The molecule has 2 aliphatic heterocycles. The fourth-order valence-corrected chi connectivity index (χ4v) is 3.95. The number of hydrogen-bond acceptors (Lipinski definition) is 6. The van der Waals surface area contributed by atoms with Gasteiger partial charge in [0.2, 0.25) is 5.13 Å². The average Bonchev–Trinajstić information content (AvgIpc) is 3.13. The van der Waals surface area contributed by atoms with E-state index in [2.05, 4.69) is 42.6 Å². The molecule has 0 aliphatic carbocycles.